The molecule has 2 aliphatic carbocycles. The van der Waals surface area contributed by atoms with E-state index in [1.807, 2.05) is 42.5 Å². The van der Waals surface area contributed by atoms with Crippen LogP contribution in [0.5, 0.6) is 0 Å². The Balaban J connectivity index is 1.18. The van der Waals surface area contributed by atoms with Crippen LogP contribution in [-0.4, -0.2) is 15.0 Å². The zero-order valence-electron chi connectivity index (χ0n) is 27.0. The predicted octanol–water partition coefficient (Wildman–Crippen LogP) is 10.9. The quantitative estimate of drug-likeness (QED) is 0.190. The van der Waals surface area contributed by atoms with Crippen LogP contribution >= 0.6 is 0 Å². The van der Waals surface area contributed by atoms with Gasteiger partial charge in [0.2, 0.25) is 0 Å². The van der Waals surface area contributed by atoms with Crippen molar-refractivity contribution in [1.82, 2.24) is 15.0 Å². The van der Waals surface area contributed by atoms with Gasteiger partial charge in [0.15, 0.2) is 17.5 Å². The molecule has 4 nitrogen and oxygen atoms in total. The van der Waals surface area contributed by atoms with Crippen molar-refractivity contribution in [2.75, 3.05) is 0 Å². The fourth-order valence-corrected chi connectivity index (χ4v) is 7.97. The third kappa shape index (κ3) is 4.94. The Bertz CT molecular complexity index is 2380. The summed E-state index contributed by atoms with van der Waals surface area (Å²) < 4.78 is 0. The molecule has 1 aromatic heterocycles. The maximum absolute atomic E-state index is 9.68. The fraction of sp³-hybridized carbons (Fsp3) is 0.111. The molecule has 9 rings (SSSR count). The normalized spacial score (nSPS) is 13.9. The van der Waals surface area contributed by atoms with Crippen LogP contribution in [0.15, 0.2) is 146 Å². The van der Waals surface area contributed by atoms with E-state index in [-0.39, 0.29) is 5.41 Å². The van der Waals surface area contributed by atoms with Crippen molar-refractivity contribution >= 4 is 0 Å². The summed E-state index contributed by atoms with van der Waals surface area (Å²) in [5, 5.41) is 9.68. The van der Waals surface area contributed by atoms with E-state index in [2.05, 4.69) is 109 Å². The second-order valence-electron chi connectivity index (χ2n) is 13.1. The SMILES string of the molecule is N#Cc1ccc2c(c1)-c1ccc(-c3ccccc3-c3nc(-c4ccccc4)nc(-c4ccc(-c5ccccc5)cc4)n3)cc1C21CCCC1. The first-order valence-electron chi connectivity index (χ1n) is 17.0. The van der Waals surface area contributed by atoms with Gasteiger partial charge in [0, 0.05) is 22.1 Å². The molecule has 1 saturated carbocycles. The Hall–Kier alpha value is -6.18. The third-order valence-electron chi connectivity index (χ3n) is 10.3. The summed E-state index contributed by atoms with van der Waals surface area (Å²) in [6, 6.07) is 52.9. The lowest BCUT2D eigenvalue weighted by Gasteiger charge is -2.27. The Morgan fingerprint density at radius 3 is 1.67 bits per heavy atom. The molecule has 0 atom stereocenters. The highest BCUT2D eigenvalue weighted by molar-refractivity contribution is 5.88. The van der Waals surface area contributed by atoms with Gasteiger partial charge in [-0.25, -0.2) is 15.0 Å². The number of benzene rings is 6. The Labute approximate surface area is 286 Å². The van der Waals surface area contributed by atoms with E-state index in [4.69, 9.17) is 15.0 Å². The predicted molar refractivity (Wildman–Crippen MR) is 196 cm³/mol. The molecule has 1 heterocycles. The van der Waals surface area contributed by atoms with Gasteiger partial charge in [-0.15, -0.1) is 0 Å². The zero-order chi connectivity index (χ0) is 32.8. The van der Waals surface area contributed by atoms with Gasteiger partial charge < -0.3 is 0 Å². The molecule has 1 spiro atoms. The monoisotopic (exact) mass is 628 g/mol. The van der Waals surface area contributed by atoms with Crippen LogP contribution < -0.4 is 0 Å². The molecule has 0 amide bonds. The fourth-order valence-electron chi connectivity index (χ4n) is 7.97. The van der Waals surface area contributed by atoms with Gasteiger partial charge in [0.1, 0.15) is 0 Å². The maximum atomic E-state index is 9.68. The summed E-state index contributed by atoms with van der Waals surface area (Å²) in [6.45, 7) is 0. The number of fused-ring (bicyclic) bond motifs is 5. The maximum Gasteiger partial charge on any atom is 0.164 e. The minimum absolute atomic E-state index is 0.00364. The molecule has 0 unspecified atom stereocenters. The van der Waals surface area contributed by atoms with Crippen molar-refractivity contribution in [3.8, 4) is 73.6 Å². The van der Waals surface area contributed by atoms with Gasteiger partial charge in [-0.05, 0) is 75.5 Å². The summed E-state index contributed by atoms with van der Waals surface area (Å²) in [7, 11) is 0. The molecule has 0 saturated heterocycles. The van der Waals surface area contributed by atoms with Crippen LogP contribution in [0, 0.1) is 11.3 Å². The van der Waals surface area contributed by atoms with Crippen molar-refractivity contribution < 1.29 is 0 Å². The third-order valence-corrected chi connectivity index (χ3v) is 10.3. The summed E-state index contributed by atoms with van der Waals surface area (Å²) in [6.07, 6.45) is 4.68. The summed E-state index contributed by atoms with van der Waals surface area (Å²) in [5.41, 5.74) is 13.3. The number of nitriles is 1. The summed E-state index contributed by atoms with van der Waals surface area (Å²) in [5.74, 6) is 1.93. The van der Waals surface area contributed by atoms with E-state index in [1.54, 1.807) is 0 Å². The molecule has 7 aromatic rings. The van der Waals surface area contributed by atoms with E-state index in [1.165, 1.54) is 40.7 Å². The lowest BCUT2D eigenvalue weighted by molar-refractivity contribution is 0.550. The van der Waals surface area contributed by atoms with Crippen molar-refractivity contribution in [2.45, 2.75) is 31.1 Å². The lowest BCUT2D eigenvalue weighted by atomic mass is 9.76. The number of aromatic nitrogens is 3. The molecular weight excluding hydrogens is 597 g/mol. The van der Waals surface area contributed by atoms with Crippen molar-refractivity contribution in [3.05, 3.63) is 162 Å². The van der Waals surface area contributed by atoms with Crippen molar-refractivity contribution in [2.24, 2.45) is 0 Å². The highest BCUT2D eigenvalue weighted by Crippen LogP contribution is 2.57. The molecule has 0 bridgehead atoms. The Kier molecular flexibility index (Phi) is 6.99. The largest absolute Gasteiger partial charge is 0.208 e. The van der Waals surface area contributed by atoms with Gasteiger partial charge in [-0.1, -0.05) is 140 Å². The summed E-state index contributed by atoms with van der Waals surface area (Å²) >= 11 is 0. The van der Waals surface area contributed by atoms with E-state index in [0.29, 0.717) is 23.0 Å². The Morgan fingerprint density at radius 2 is 0.980 bits per heavy atom. The number of nitrogens with zero attached hydrogens (tertiary/aromatic N) is 4. The molecule has 6 aromatic carbocycles. The topological polar surface area (TPSA) is 62.5 Å². The van der Waals surface area contributed by atoms with Crippen LogP contribution in [0.4, 0.5) is 0 Å². The van der Waals surface area contributed by atoms with Crippen LogP contribution in [0.25, 0.3) is 67.5 Å². The van der Waals surface area contributed by atoms with Crippen molar-refractivity contribution in [1.29, 1.82) is 5.26 Å². The van der Waals surface area contributed by atoms with Gasteiger partial charge in [-0.2, -0.15) is 5.26 Å². The van der Waals surface area contributed by atoms with Gasteiger partial charge in [0.25, 0.3) is 0 Å². The molecule has 49 heavy (non-hydrogen) atoms. The molecule has 0 radical (unpaired) electrons. The van der Waals surface area contributed by atoms with Crippen LogP contribution in [0.1, 0.15) is 42.4 Å². The average molecular weight is 629 g/mol. The van der Waals surface area contributed by atoms with Crippen molar-refractivity contribution in [3.63, 3.8) is 0 Å². The van der Waals surface area contributed by atoms with Gasteiger partial charge >= 0.3 is 0 Å². The lowest BCUT2D eigenvalue weighted by Crippen LogP contribution is -2.20. The first kappa shape index (κ1) is 29.0. The second-order valence-corrected chi connectivity index (χ2v) is 13.1. The average Bonchev–Trinajstić information content (AvgIpc) is 3.78. The standard InChI is InChI=1S/C45H32N4/c46-29-30-17-24-40-39(27-30)37-23-22-35(28-41(37)45(40)25-9-10-26-45)36-15-7-8-16-38(36)44-48-42(33-13-5-2-6-14-33)47-43(49-44)34-20-18-32(19-21-34)31-11-3-1-4-12-31/h1-8,11-24,27-28H,9-10,25-26H2. The van der Waals surface area contributed by atoms with Gasteiger partial charge in [-0.3, -0.25) is 0 Å². The van der Waals surface area contributed by atoms with Crippen LogP contribution in [0.3, 0.4) is 0 Å². The van der Waals surface area contributed by atoms with E-state index in [9.17, 15) is 5.26 Å². The zero-order valence-corrected chi connectivity index (χ0v) is 27.0. The first-order chi connectivity index (χ1) is 24.2. The Morgan fingerprint density at radius 1 is 0.429 bits per heavy atom. The molecular formula is C45H32N4. The number of hydrogen-bond donors (Lipinski definition) is 0. The van der Waals surface area contributed by atoms with Crippen LogP contribution in [0.2, 0.25) is 0 Å². The molecule has 2 aliphatic rings. The molecule has 0 aliphatic heterocycles. The second kappa shape index (κ2) is 11.8. The van der Waals surface area contributed by atoms with E-state index >= 15 is 0 Å². The van der Waals surface area contributed by atoms with Crippen LogP contribution in [-0.2, 0) is 5.41 Å². The highest BCUT2D eigenvalue weighted by Gasteiger charge is 2.45. The number of hydrogen-bond acceptors (Lipinski definition) is 4. The van der Waals surface area contributed by atoms with E-state index in [0.717, 1.165) is 46.2 Å². The molecule has 0 N–H and O–H groups in total. The smallest absolute Gasteiger partial charge is 0.164 e. The molecule has 4 heteroatoms. The van der Waals surface area contributed by atoms with E-state index < -0.39 is 0 Å². The highest BCUT2D eigenvalue weighted by atomic mass is 15.0. The minimum atomic E-state index is -0.00364. The number of rotatable bonds is 5. The van der Waals surface area contributed by atoms with Gasteiger partial charge in [0.05, 0.1) is 11.6 Å². The summed E-state index contributed by atoms with van der Waals surface area (Å²) in [4.78, 5) is 15.2. The minimum Gasteiger partial charge on any atom is -0.208 e. The first-order valence-corrected chi connectivity index (χ1v) is 17.0. The molecule has 1 fully saturated rings. The molecule has 232 valence electrons.